The number of thioether (sulfide) groups is 1. The Labute approximate surface area is 201 Å². The lowest BCUT2D eigenvalue weighted by Gasteiger charge is -2.19. The first-order valence-corrected chi connectivity index (χ1v) is 11.6. The fraction of sp³-hybridized carbons (Fsp3) is 0.148. The van der Waals surface area contributed by atoms with Gasteiger partial charge in [-0.05, 0) is 48.7 Å². The number of carbonyl (C=O) groups excluding carboxylic acids is 2. The van der Waals surface area contributed by atoms with Crippen molar-refractivity contribution in [2.45, 2.75) is 25.1 Å². The number of halogens is 1. The molecule has 0 unspecified atom stereocenters. The maximum absolute atomic E-state index is 13.5. The van der Waals surface area contributed by atoms with Crippen molar-refractivity contribution in [3.8, 4) is 6.07 Å². The summed E-state index contributed by atoms with van der Waals surface area (Å²) in [4.78, 5) is 27.9. The van der Waals surface area contributed by atoms with E-state index in [0.29, 0.717) is 17.1 Å². The van der Waals surface area contributed by atoms with Crippen molar-refractivity contribution >= 4 is 29.3 Å². The molecule has 3 aromatic rings. The molecular formula is C27H22FN3O2S. The highest BCUT2D eigenvalue weighted by Crippen LogP contribution is 2.42. The van der Waals surface area contributed by atoms with E-state index in [4.69, 9.17) is 0 Å². The Balaban J connectivity index is 1.66. The predicted molar refractivity (Wildman–Crippen MR) is 131 cm³/mol. The van der Waals surface area contributed by atoms with E-state index >= 15 is 0 Å². The SMILES string of the molecule is Cc1ccc(N2C(=O)[C@H](Cc3ccc(F)cc3)S/C2=C(\C#N)C(=O)NCc2ccccc2)cc1. The highest BCUT2D eigenvalue weighted by Gasteiger charge is 2.40. The lowest BCUT2D eigenvalue weighted by Crippen LogP contribution is -2.32. The summed E-state index contributed by atoms with van der Waals surface area (Å²) in [5, 5.41) is 12.4. The molecule has 1 saturated heterocycles. The number of nitrogens with zero attached hydrogens (tertiary/aromatic N) is 2. The number of benzene rings is 3. The number of anilines is 1. The van der Waals surface area contributed by atoms with Crippen LogP contribution in [0.4, 0.5) is 10.1 Å². The zero-order valence-corrected chi connectivity index (χ0v) is 19.3. The van der Waals surface area contributed by atoms with Crippen molar-refractivity contribution in [3.63, 3.8) is 0 Å². The molecule has 7 heteroatoms. The lowest BCUT2D eigenvalue weighted by atomic mass is 10.1. The molecule has 4 rings (SSSR count). The van der Waals surface area contributed by atoms with Crippen LogP contribution in [0.2, 0.25) is 0 Å². The summed E-state index contributed by atoms with van der Waals surface area (Å²) < 4.78 is 13.3. The molecule has 34 heavy (non-hydrogen) atoms. The maximum atomic E-state index is 13.5. The van der Waals surface area contributed by atoms with Crippen LogP contribution in [0.1, 0.15) is 16.7 Å². The van der Waals surface area contributed by atoms with Gasteiger partial charge in [-0.15, -0.1) is 0 Å². The van der Waals surface area contributed by atoms with Crippen molar-refractivity contribution in [2.24, 2.45) is 0 Å². The largest absolute Gasteiger partial charge is 0.347 e. The second-order valence-electron chi connectivity index (χ2n) is 7.91. The van der Waals surface area contributed by atoms with Gasteiger partial charge >= 0.3 is 0 Å². The molecule has 1 fully saturated rings. The molecule has 1 atom stereocenters. The zero-order chi connectivity index (χ0) is 24.1. The Morgan fingerprint density at radius 3 is 2.35 bits per heavy atom. The van der Waals surface area contributed by atoms with Crippen LogP contribution < -0.4 is 10.2 Å². The quantitative estimate of drug-likeness (QED) is 0.411. The van der Waals surface area contributed by atoms with Crippen LogP contribution in [0.25, 0.3) is 0 Å². The number of carbonyl (C=O) groups is 2. The van der Waals surface area contributed by atoms with Gasteiger partial charge in [-0.25, -0.2) is 4.39 Å². The van der Waals surface area contributed by atoms with Gasteiger partial charge in [0.05, 0.1) is 5.25 Å². The molecule has 1 heterocycles. The molecule has 3 aromatic carbocycles. The smallest absolute Gasteiger partial charge is 0.264 e. The highest BCUT2D eigenvalue weighted by atomic mass is 32.2. The van der Waals surface area contributed by atoms with Crippen LogP contribution in [0.5, 0.6) is 0 Å². The Morgan fingerprint density at radius 2 is 1.71 bits per heavy atom. The summed E-state index contributed by atoms with van der Waals surface area (Å²) in [6.07, 6.45) is 0.347. The Morgan fingerprint density at radius 1 is 1.03 bits per heavy atom. The van der Waals surface area contributed by atoms with E-state index in [1.165, 1.54) is 28.8 Å². The van der Waals surface area contributed by atoms with E-state index in [9.17, 15) is 19.2 Å². The van der Waals surface area contributed by atoms with Gasteiger partial charge in [0, 0.05) is 12.2 Å². The Hall–Kier alpha value is -3.89. The maximum Gasteiger partial charge on any atom is 0.264 e. The molecule has 0 aliphatic carbocycles. The molecular weight excluding hydrogens is 449 g/mol. The molecule has 1 aliphatic rings. The summed E-state index contributed by atoms with van der Waals surface area (Å²) in [5.74, 6) is -1.11. The highest BCUT2D eigenvalue weighted by molar-refractivity contribution is 8.05. The van der Waals surface area contributed by atoms with Crippen molar-refractivity contribution in [2.75, 3.05) is 4.90 Å². The average molecular weight is 472 g/mol. The fourth-order valence-electron chi connectivity index (χ4n) is 3.62. The standard InChI is InChI=1S/C27H22FN3O2S/c1-18-7-13-22(14-8-18)31-26(33)24(15-19-9-11-21(28)12-10-19)34-27(31)23(16-29)25(32)30-17-20-5-3-2-4-6-20/h2-14,24H,15,17H2,1H3,(H,30,32)/b27-23+/t24-/m0/s1. The first-order chi connectivity index (χ1) is 16.5. The van der Waals surface area contributed by atoms with Gasteiger partial charge in [-0.2, -0.15) is 5.26 Å². The number of nitrogens with one attached hydrogen (secondary N) is 1. The third kappa shape index (κ3) is 5.19. The lowest BCUT2D eigenvalue weighted by molar-refractivity contribution is -0.117. The molecule has 0 saturated carbocycles. The molecule has 1 N–H and O–H groups in total. The van der Waals surface area contributed by atoms with Crippen LogP contribution >= 0.6 is 11.8 Å². The molecule has 170 valence electrons. The molecule has 0 radical (unpaired) electrons. The molecule has 5 nitrogen and oxygen atoms in total. The second-order valence-corrected chi connectivity index (χ2v) is 9.10. The molecule has 2 amide bonds. The number of rotatable bonds is 6. The Bertz CT molecular complexity index is 1270. The first kappa shape index (κ1) is 23.3. The molecule has 1 aliphatic heterocycles. The van der Waals surface area contributed by atoms with Crippen LogP contribution in [0.15, 0.2) is 89.5 Å². The average Bonchev–Trinajstić information content (AvgIpc) is 3.16. The topological polar surface area (TPSA) is 73.2 Å². The van der Waals surface area contributed by atoms with Crippen LogP contribution in [0, 0.1) is 24.1 Å². The van der Waals surface area contributed by atoms with E-state index in [2.05, 4.69) is 5.32 Å². The van der Waals surface area contributed by atoms with E-state index in [-0.39, 0.29) is 23.8 Å². The number of nitriles is 1. The van der Waals surface area contributed by atoms with Crippen LogP contribution in [-0.4, -0.2) is 17.1 Å². The summed E-state index contributed by atoms with van der Waals surface area (Å²) in [6, 6.07) is 24.7. The summed E-state index contributed by atoms with van der Waals surface area (Å²) >= 11 is 1.19. The van der Waals surface area contributed by atoms with E-state index in [1.807, 2.05) is 55.5 Å². The van der Waals surface area contributed by atoms with Crippen LogP contribution in [-0.2, 0) is 22.6 Å². The molecule has 0 aromatic heterocycles. The summed E-state index contributed by atoms with van der Waals surface area (Å²) in [7, 11) is 0. The third-order valence-corrected chi connectivity index (χ3v) is 6.69. The molecule has 0 bridgehead atoms. The predicted octanol–water partition coefficient (Wildman–Crippen LogP) is 4.88. The number of hydrogen-bond acceptors (Lipinski definition) is 4. The van der Waals surface area contributed by atoms with Crippen molar-refractivity contribution < 1.29 is 14.0 Å². The summed E-state index contributed by atoms with van der Waals surface area (Å²) in [5.41, 5.74) is 3.19. The zero-order valence-electron chi connectivity index (χ0n) is 18.5. The van der Waals surface area contributed by atoms with Gasteiger partial charge in [0.15, 0.2) is 0 Å². The van der Waals surface area contributed by atoms with Crippen molar-refractivity contribution in [1.82, 2.24) is 5.32 Å². The van der Waals surface area contributed by atoms with E-state index in [1.54, 1.807) is 24.3 Å². The summed E-state index contributed by atoms with van der Waals surface area (Å²) in [6.45, 7) is 2.20. The number of hydrogen-bond donors (Lipinski definition) is 1. The van der Waals surface area contributed by atoms with Gasteiger partial charge in [-0.1, -0.05) is 71.9 Å². The van der Waals surface area contributed by atoms with Crippen molar-refractivity contribution in [1.29, 1.82) is 5.26 Å². The number of aryl methyl sites for hydroxylation is 1. The molecule has 0 spiro atoms. The third-order valence-electron chi connectivity index (χ3n) is 5.43. The van der Waals surface area contributed by atoms with E-state index in [0.717, 1.165) is 16.7 Å². The van der Waals surface area contributed by atoms with Gasteiger partial charge < -0.3 is 5.32 Å². The Kier molecular flexibility index (Phi) is 7.09. The minimum atomic E-state index is -0.549. The second kappa shape index (κ2) is 10.4. The van der Waals surface area contributed by atoms with Crippen LogP contribution in [0.3, 0.4) is 0 Å². The van der Waals surface area contributed by atoms with Gasteiger partial charge in [0.1, 0.15) is 22.5 Å². The minimum Gasteiger partial charge on any atom is -0.347 e. The monoisotopic (exact) mass is 471 g/mol. The van der Waals surface area contributed by atoms with E-state index < -0.39 is 11.2 Å². The number of amides is 2. The van der Waals surface area contributed by atoms with Gasteiger partial charge in [0.2, 0.25) is 5.91 Å². The van der Waals surface area contributed by atoms with Crippen molar-refractivity contribution in [3.05, 3.63) is 112 Å². The van der Waals surface area contributed by atoms with Gasteiger partial charge in [-0.3, -0.25) is 14.5 Å². The fourth-order valence-corrected chi connectivity index (χ4v) is 4.93. The first-order valence-electron chi connectivity index (χ1n) is 10.7. The minimum absolute atomic E-state index is 0.114. The van der Waals surface area contributed by atoms with Gasteiger partial charge in [0.25, 0.3) is 5.91 Å². The normalized spacial score (nSPS) is 16.8.